The topological polar surface area (TPSA) is 48.9 Å². The van der Waals surface area contributed by atoms with E-state index < -0.39 is 11.7 Å². The zero-order valence-electron chi connectivity index (χ0n) is 18.3. The predicted octanol–water partition coefficient (Wildman–Crippen LogP) is 6.21. The maximum atomic E-state index is 13.4. The van der Waals surface area contributed by atoms with Gasteiger partial charge in [-0.2, -0.15) is 13.2 Å². The number of piperazine rings is 1. The standard InChI is InChI=1S/C23H23F3N4OS.2ClH/c1-31-11-8-15-13-30(10-9-27-15)21-20-16-4-2-3-5-19(16)32-22(20)29-17-7-6-14(23(24,25)26)12-18(17)28-21;;/h2-7,12,15,27,29H,8-11,13H2,1H3;2*1H/t15-;;/m0../s1. The monoisotopic (exact) mass is 532 g/mol. The minimum absolute atomic E-state index is 0. The fourth-order valence-corrected chi connectivity index (χ4v) is 5.37. The third kappa shape index (κ3) is 5.13. The van der Waals surface area contributed by atoms with Crippen LogP contribution in [-0.4, -0.2) is 50.1 Å². The summed E-state index contributed by atoms with van der Waals surface area (Å²) in [5.41, 5.74) is 1.12. The van der Waals surface area contributed by atoms with Crippen LogP contribution in [0.1, 0.15) is 17.5 Å². The van der Waals surface area contributed by atoms with E-state index in [0.29, 0.717) is 30.4 Å². The van der Waals surface area contributed by atoms with Crippen molar-refractivity contribution >= 4 is 68.4 Å². The van der Waals surface area contributed by atoms with Crippen molar-refractivity contribution in [1.82, 2.24) is 10.2 Å². The molecule has 2 N–H and O–H groups in total. The molecule has 1 atom stereocenters. The maximum Gasteiger partial charge on any atom is 0.416 e. The minimum Gasteiger partial charge on any atom is -0.385 e. The first-order valence-corrected chi connectivity index (χ1v) is 11.3. The molecule has 34 heavy (non-hydrogen) atoms. The summed E-state index contributed by atoms with van der Waals surface area (Å²) in [6.07, 6.45) is -3.57. The first kappa shape index (κ1) is 26.6. The van der Waals surface area contributed by atoms with E-state index in [4.69, 9.17) is 9.73 Å². The summed E-state index contributed by atoms with van der Waals surface area (Å²) < 4.78 is 46.5. The third-order valence-corrected chi connectivity index (χ3v) is 6.93. The molecule has 2 aliphatic heterocycles. The van der Waals surface area contributed by atoms with Crippen LogP contribution in [0.2, 0.25) is 0 Å². The number of amidine groups is 1. The highest BCUT2D eigenvalue weighted by Crippen LogP contribution is 2.44. The number of hydrogen-bond donors (Lipinski definition) is 2. The summed E-state index contributed by atoms with van der Waals surface area (Å²) in [4.78, 5) is 7.03. The number of methoxy groups -OCH3 is 1. The van der Waals surface area contributed by atoms with Gasteiger partial charge in [-0.1, -0.05) is 18.2 Å². The van der Waals surface area contributed by atoms with Gasteiger partial charge in [-0.3, -0.25) is 0 Å². The second-order valence-corrected chi connectivity index (χ2v) is 9.02. The molecule has 5 rings (SSSR count). The smallest absolute Gasteiger partial charge is 0.385 e. The van der Waals surface area contributed by atoms with Gasteiger partial charge in [0.2, 0.25) is 0 Å². The summed E-state index contributed by atoms with van der Waals surface area (Å²) in [5.74, 6) is 0.715. The van der Waals surface area contributed by atoms with Crippen molar-refractivity contribution in [2.75, 3.05) is 38.7 Å². The van der Waals surface area contributed by atoms with E-state index in [1.165, 1.54) is 6.07 Å². The first-order chi connectivity index (χ1) is 15.4. The number of ether oxygens (including phenoxy) is 1. The van der Waals surface area contributed by atoms with Crippen LogP contribution < -0.4 is 10.6 Å². The molecule has 1 aromatic heterocycles. The number of anilines is 2. The second kappa shape index (κ2) is 10.7. The Hall–Kier alpha value is -2.04. The molecule has 11 heteroatoms. The van der Waals surface area contributed by atoms with Gasteiger partial charge in [-0.15, -0.1) is 36.2 Å². The van der Waals surface area contributed by atoms with Gasteiger partial charge in [-0.05, 0) is 30.7 Å². The average Bonchev–Trinajstić information content (AvgIpc) is 3.05. The fraction of sp³-hybridized carbons (Fsp3) is 0.348. The van der Waals surface area contributed by atoms with Gasteiger partial charge in [0.05, 0.1) is 22.5 Å². The van der Waals surface area contributed by atoms with E-state index in [9.17, 15) is 13.2 Å². The van der Waals surface area contributed by atoms with Crippen LogP contribution in [0.25, 0.3) is 10.1 Å². The molecule has 1 saturated heterocycles. The van der Waals surface area contributed by atoms with Gasteiger partial charge in [0, 0.05) is 49.5 Å². The van der Waals surface area contributed by atoms with Crippen molar-refractivity contribution in [3.8, 4) is 0 Å². The second-order valence-electron chi connectivity index (χ2n) is 7.97. The van der Waals surface area contributed by atoms with Crippen molar-refractivity contribution in [2.24, 2.45) is 4.99 Å². The molecular weight excluding hydrogens is 508 g/mol. The maximum absolute atomic E-state index is 13.4. The van der Waals surface area contributed by atoms with Gasteiger partial charge in [0.15, 0.2) is 0 Å². The Kier molecular flexibility index (Phi) is 8.36. The van der Waals surface area contributed by atoms with Gasteiger partial charge in [0.1, 0.15) is 10.8 Å². The molecule has 0 spiro atoms. The van der Waals surface area contributed by atoms with E-state index in [1.54, 1.807) is 18.4 Å². The number of rotatable bonds is 3. The van der Waals surface area contributed by atoms with Crippen molar-refractivity contribution in [1.29, 1.82) is 0 Å². The molecule has 0 aliphatic carbocycles. The van der Waals surface area contributed by atoms with Gasteiger partial charge >= 0.3 is 6.18 Å². The number of fused-ring (bicyclic) bond motifs is 4. The largest absolute Gasteiger partial charge is 0.416 e. The lowest BCUT2D eigenvalue weighted by Crippen LogP contribution is -2.53. The lowest BCUT2D eigenvalue weighted by atomic mass is 10.1. The molecule has 0 bridgehead atoms. The highest BCUT2D eigenvalue weighted by Gasteiger charge is 2.33. The van der Waals surface area contributed by atoms with Crippen LogP contribution in [-0.2, 0) is 10.9 Å². The molecule has 5 nitrogen and oxygen atoms in total. The molecule has 2 aromatic carbocycles. The number of aliphatic imine (C=N–C) groups is 1. The van der Waals surface area contributed by atoms with Gasteiger partial charge < -0.3 is 20.3 Å². The van der Waals surface area contributed by atoms with Crippen molar-refractivity contribution in [2.45, 2.75) is 18.6 Å². The summed E-state index contributed by atoms with van der Waals surface area (Å²) in [5, 5.41) is 8.81. The number of benzene rings is 2. The lowest BCUT2D eigenvalue weighted by Gasteiger charge is -2.35. The summed E-state index contributed by atoms with van der Waals surface area (Å²) in [6, 6.07) is 12.0. The van der Waals surface area contributed by atoms with Crippen LogP contribution in [0, 0.1) is 0 Å². The van der Waals surface area contributed by atoms with E-state index in [2.05, 4.69) is 21.6 Å². The summed E-state index contributed by atoms with van der Waals surface area (Å²) in [7, 11) is 1.68. The molecule has 0 saturated carbocycles. The van der Waals surface area contributed by atoms with Crippen molar-refractivity contribution in [3.63, 3.8) is 0 Å². The van der Waals surface area contributed by atoms with Crippen LogP contribution in [0.3, 0.4) is 0 Å². The van der Waals surface area contributed by atoms with Crippen LogP contribution >= 0.6 is 36.2 Å². The Morgan fingerprint density at radius 3 is 2.74 bits per heavy atom. The number of alkyl halides is 3. The molecule has 2 aliphatic rings. The Labute approximate surface area is 212 Å². The molecule has 3 heterocycles. The predicted molar refractivity (Wildman–Crippen MR) is 137 cm³/mol. The minimum atomic E-state index is -4.42. The summed E-state index contributed by atoms with van der Waals surface area (Å²) >= 11 is 1.59. The zero-order chi connectivity index (χ0) is 22.3. The summed E-state index contributed by atoms with van der Waals surface area (Å²) in [6.45, 7) is 2.85. The normalized spacial score (nSPS) is 17.5. The molecule has 0 unspecified atom stereocenters. The van der Waals surface area contributed by atoms with Crippen molar-refractivity contribution < 1.29 is 17.9 Å². The molecule has 0 amide bonds. The average molecular weight is 533 g/mol. The highest BCUT2D eigenvalue weighted by atomic mass is 35.5. The molecule has 3 aromatic rings. The van der Waals surface area contributed by atoms with E-state index in [1.807, 2.05) is 18.2 Å². The SMILES string of the molecule is COCC[C@H]1CN(C2=Nc3cc(C(F)(F)F)ccc3Nc3sc4ccccc4c32)CCN1.Cl.Cl. The number of halogens is 5. The first-order valence-electron chi connectivity index (χ1n) is 10.5. The third-order valence-electron chi connectivity index (χ3n) is 5.84. The number of thiophene rings is 1. The molecular formula is C23H25Cl2F3N4OS. The molecule has 1 fully saturated rings. The Bertz CT molecular complexity index is 1180. The number of nitrogens with zero attached hydrogens (tertiary/aromatic N) is 2. The van der Waals surface area contributed by atoms with Gasteiger partial charge in [0.25, 0.3) is 0 Å². The van der Waals surface area contributed by atoms with E-state index in [0.717, 1.165) is 52.3 Å². The number of nitrogens with one attached hydrogen (secondary N) is 2. The zero-order valence-corrected chi connectivity index (χ0v) is 20.8. The quantitative estimate of drug-likeness (QED) is 0.421. The Morgan fingerprint density at radius 2 is 1.97 bits per heavy atom. The van der Waals surface area contributed by atoms with Crippen molar-refractivity contribution in [3.05, 3.63) is 53.6 Å². The van der Waals surface area contributed by atoms with Gasteiger partial charge in [-0.25, -0.2) is 4.99 Å². The Morgan fingerprint density at radius 1 is 1.18 bits per heavy atom. The van der Waals surface area contributed by atoms with E-state index in [-0.39, 0.29) is 30.9 Å². The van der Waals surface area contributed by atoms with E-state index >= 15 is 0 Å². The highest BCUT2D eigenvalue weighted by molar-refractivity contribution is 7.23. The fourth-order valence-electron chi connectivity index (χ4n) is 4.25. The molecule has 0 radical (unpaired) electrons. The Balaban J connectivity index is 0.00000162. The number of hydrogen-bond acceptors (Lipinski definition) is 6. The van der Waals surface area contributed by atoms with Crippen LogP contribution in [0.5, 0.6) is 0 Å². The van der Waals surface area contributed by atoms with Crippen LogP contribution in [0.15, 0.2) is 47.5 Å². The molecule has 184 valence electrons. The lowest BCUT2D eigenvalue weighted by molar-refractivity contribution is -0.137. The van der Waals surface area contributed by atoms with Crippen LogP contribution in [0.4, 0.5) is 29.5 Å².